The van der Waals surface area contributed by atoms with Gasteiger partial charge in [0.05, 0.1) is 30.7 Å². The van der Waals surface area contributed by atoms with Crippen LogP contribution in [-0.4, -0.2) is 42.0 Å². The Labute approximate surface area is 179 Å². The van der Waals surface area contributed by atoms with E-state index in [0.29, 0.717) is 0 Å². The van der Waals surface area contributed by atoms with Gasteiger partial charge in [-0.05, 0) is 42.1 Å². The minimum absolute atomic E-state index is 0.00977. The third kappa shape index (κ3) is 3.36. The van der Waals surface area contributed by atoms with Gasteiger partial charge in [0.1, 0.15) is 16.3 Å². The maximum atomic E-state index is 14.6. The van der Waals surface area contributed by atoms with Crippen molar-refractivity contribution in [3.8, 4) is 5.75 Å². The van der Waals surface area contributed by atoms with E-state index in [2.05, 4.69) is 10.1 Å². The van der Waals surface area contributed by atoms with Crippen molar-refractivity contribution in [1.82, 2.24) is 5.32 Å². The van der Waals surface area contributed by atoms with Gasteiger partial charge in [-0.3, -0.25) is 14.9 Å². The molecule has 0 radical (unpaired) electrons. The minimum atomic E-state index is -1.44. The number of fused-ring (bicyclic) bond motifs is 2. The second kappa shape index (κ2) is 7.58. The molecule has 1 spiro atoms. The fraction of sp³-hybridized carbons (Fsp3) is 0.200. The van der Waals surface area contributed by atoms with Gasteiger partial charge < -0.3 is 14.6 Å². The highest BCUT2D eigenvalue weighted by Gasteiger charge is 2.53. The van der Waals surface area contributed by atoms with Gasteiger partial charge in [0, 0.05) is 18.1 Å². The highest BCUT2D eigenvalue weighted by Crippen LogP contribution is 2.53. The van der Waals surface area contributed by atoms with Crippen LogP contribution in [0.15, 0.2) is 36.4 Å². The topological polar surface area (TPSA) is 122 Å². The zero-order valence-electron chi connectivity index (χ0n) is 16.0. The summed E-state index contributed by atoms with van der Waals surface area (Å²) < 4.78 is 23.5. The van der Waals surface area contributed by atoms with Gasteiger partial charge in [-0.2, -0.15) is 0 Å². The molecule has 160 valence electrons. The van der Waals surface area contributed by atoms with Crippen molar-refractivity contribution < 1.29 is 38.1 Å². The molecule has 2 aromatic rings. The van der Waals surface area contributed by atoms with Crippen LogP contribution in [0.2, 0.25) is 0 Å². The molecule has 0 aliphatic carbocycles. The lowest BCUT2D eigenvalue weighted by Crippen LogP contribution is -2.39. The van der Waals surface area contributed by atoms with Crippen LogP contribution in [0.1, 0.15) is 22.3 Å². The molecule has 1 atom stereocenters. The fourth-order valence-corrected chi connectivity index (χ4v) is 4.66. The van der Waals surface area contributed by atoms with Gasteiger partial charge >= 0.3 is 12.1 Å². The highest BCUT2D eigenvalue weighted by molar-refractivity contribution is 8.15. The molecule has 2 heterocycles. The van der Waals surface area contributed by atoms with Crippen LogP contribution in [0.4, 0.5) is 25.4 Å². The van der Waals surface area contributed by atoms with Crippen molar-refractivity contribution in [3.05, 3.63) is 53.3 Å². The smallest absolute Gasteiger partial charge is 0.416 e. The maximum absolute atomic E-state index is 14.6. The molecule has 11 heteroatoms. The van der Waals surface area contributed by atoms with Gasteiger partial charge in [-0.1, -0.05) is 0 Å². The molecule has 0 bridgehead atoms. The number of amides is 3. The Balaban J connectivity index is 1.86. The van der Waals surface area contributed by atoms with Crippen molar-refractivity contribution >= 4 is 46.3 Å². The number of rotatable bonds is 3. The van der Waals surface area contributed by atoms with Crippen molar-refractivity contribution in [2.24, 2.45) is 0 Å². The number of carboxylic acid groups (broad SMARTS) is 1. The molecule has 1 fully saturated rings. The fourth-order valence-electron chi connectivity index (χ4n) is 3.61. The van der Waals surface area contributed by atoms with Crippen LogP contribution in [0.5, 0.6) is 5.75 Å². The van der Waals surface area contributed by atoms with E-state index in [1.54, 1.807) is 0 Å². The van der Waals surface area contributed by atoms with E-state index in [1.807, 2.05) is 0 Å². The quantitative estimate of drug-likeness (QED) is 0.688. The Kier molecular flexibility index (Phi) is 5.05. The molecule has 2 aliphatic heterocycles. The molecule has 1 saturated heterocycles. The number of imide groups is 1. The van der Waals surface area contributed by atoms with E-state index in [0.717, 1.165) is 28.8 Å². The molecule has 2 N–H and O–H groups in total. The van der Waals surface area contributed by atoms with Gasteiger partial charge in [0.15, 0.2) is 0 Å². The number of hydrogen-bond acceptors (Lipinski definition) is 7. The van der Waals surface area contributed by atoms with E-state index < -0.39 is 33.8 Å². The average molecular weight is 446 g/mol. The molecule has 31 heavy (non-hydrogen) atoms. The Morgan fingerprint density at radius 1 is 1.26 bits per heavy atom. The number of esters is 1. The first kappa shape index (κ1) is 20.7. The minimum Gasteiger partial charge on any atom is -0.491 e. The Morgan fingerprint density at radius 2 is 1.97 bits per heavy atom. The summed E-state index contributed by atoms with van der Waals surface area (Å²) in [4.78, 5) is 48.9. The number of hydrogen-bond donors (Lipinski definition) is 2. The van der Waals surface area contributed by atoms with Crippen LogP contribution in [0.25, 0.3) is 0 Å². The number of halogens is 1. The summed E-state index contributed by atoms with van der Waals surface area (Å²) in [5.41, 5.74) is 0.237. The predicted molar refractivity (Wildman–Crippen MR) is 107 cm³/mol. The summed E-state index contributed by atoms with van der Waals surface area (Å²) in [7, 11) is 1.22. The van der Waals surface area contributed by atoms with Crippen molar-refractivity contribution in [1.29, 1.82) is 0 Å². The summed E-state index contributed by atoms with van der Waals surface area (Å²) in [5, 5.41) is 11.5. The molecule has 0 aromatic heterocycles. The maximum Gasteiger partial charge on any atom is 0.416 e. The van der Waals surface area contributed by atoms with E-state index in [9.17, 15) is 28.7 Å². The lowest BCUT2D eigenvalue weighted by atomic mass is 9.90. The summed E-state index contributed by atoms with van der Waals surface area (Å²) >= 11 is 0.717. The molecule has 2 aliphatic rings. The van der Waals surface area contributed by atoms with Gasteiger partial charge in [0.2, 0.25) is 5.91 Å². The number of carbonyl (C=O) groups excluding carboxylic acids is 3. The monoisotopic (exact) mass is 446 g/mol. The Bertz CT molecular complexity index is 1120. The normalized spacial score (nSPS) is 19.4. The molecular formula is C20H15FN2O7S. The molecule has 0 saturated carbocycles. The van der Waals surface area contributed by atoms with Crippen LogP contribution in [0, 0.1) is 5.82 Å². The summed E-state index contributed by atoms with van der Waals surface area (Å²) in [6.45, 7) is 0.0219. The number of thioether (sulfide) groups is 1. The average Bonchev–Trinajstić information content (AvgIpc) is 3.02. The molecular weight excluding hydrogens is 431 g/mol. The Hall–Kier alpha value is -3.60. The van der Waals surface area contributed by atoms with Crippen LogP contribution >= 0.6 is 11.8 Å². The van der Waals surface area contributed by atoms with Gasteiger partial charge in [-0.25, -0.2) is 18.9 Å². The van der Waals surface area contributed by atoms with E-state index in [-0.39, 0.29) is 41.3 Å². The van der Waals surface area contributed by atoms with Gasteiger partial charge in [-0.15, -0.1) is 0 Å². The SMILES string of the molecule is COC(=O)c1ccc(N(C(=O)O)c2cc(F)cc3c2OCCC32SC(=O)NC2=O)cc1. The summed E-state index contributed by atoms with van der Waals surface area (Å²) in [6, 6.07) is 7.49. The van der Waals surface area contributed by atoms with E-state index >= 15 is 0 Å². The van der Waals surface area contributed by atoms with Crippen LogP contribution < -0.4 is 15.0 Å². The second-order valence-corrected chi connectivity index (χ2v) is 8.00. The molecule has 3 amide bonds. The zero-order chi connectivity index (χ0) is 22.3. The number of anilines is 2. The lowest BCUT2D eigenvalue weighted by molar-refractivity contribution is -0.122. The van der Waals surface area contributed by atoms with Crippen molar-refractivity contribution in [2.45, 2.75) is 11.2 Å². The standard InChI is InChI=1S/C20H15FN2O7S/c1-29-16(24)10-2-4-12(5-3-10)23(19(27)28)14-9-11(21)8-13-15(14)30-7-6-20(13)17(25)22-18(26)31-20/h2-5,8-9H,6-7H2,1H3,(H,27,28)(H,22,25,26). The first-order valence-corrected chi connectivity index (χ1v) is 9.81. The van der Waals surface area contributed by atoms with Crippen LogP contribution in [-0.2, 0) is 14.3 Å². The summed E-state index contributed by atoms with van der Waals surface area (Å²) in [5.74, 6) is -2.02. The first-order chi connectivity index (χ1) is 14.8. The molecule has 1 unspecified atom stereocenters. The van der Waals surface area contributed by atoms with E-state index in [4.69, 9.17) is 4.74 Å². The number of nitrogens with zero attached hydrogens (tertiary/aromatic N) is 1. The van der Waals surface area contributed by atoms with Gasteiger partial charge in [0.25, 0.3) is 5.24 Å². The number of nitrogens with one attached hydrogen (secondary N) is 1. The molecule has 9 nitrogen and oxygen atoms in total. The third-order valence-electron chi connectivity index (χ3n) is 5.00. The Morgan fingerprint density at radius 3 is 2.55 bits per heavy atom. The van der Waals surface area contributed by atoms with Crippen molar-refractivity contribution in [2.75, 3.05) is 18.6 Å². The predicted octanol–water partition coefficient (Wildman–Crippen LogP) is 3.39. The number of benzene rings is 2. The first-order valence-electron chi connectivity index (χ1n) is 8.99. The molecule has 2 aromatic carbocycles. The number of carbonyl (C=O) groups is 4. The zero-order valence-corrected chi connectivity index (χ0v) is 16.8. The summed E-state index contributed by atoms with van der Waals surface area (Å²) in [6.07, 6.45) is -1.33. The third-order valence-corrected chi connectivity index (χ3v) is 6.24. The largest absolute Gasteiger partial charge is 0.491 e. The van der Waals surface area contributed by atoms with Crippen molar-refractivity contribution in [3.63, 3.8) is 0 Å². The highest BCUT2D eigenvalue weighted by atomic mass is 32.2. The van der Waals surface area contributed by atoms with Crippen LogP contribution in [0.3, 0.4) is 0 Å². The second-order valence-electron chi connectivity index (χ2n) is 6.73. The molecule has 4 rings (SSSR count). The van der Waals surface area contributed by atoms with E-state index in [1.165, 1.54) is 31.4 Å². The lowest BCUT2D eigenvalue weighted by Gasteiger charge is -2.34. The number of methoxy groups -OCH3 is 1. The number of ether oxygens (including phenoxy) is 2.